The molecular weight excluding hydrogens is 270 g/mol. The van der Waals surface area contributed by atoms with Crippen molar-refractivity contribution in [3.05, 3.63) is 35.4 Å². The van der Waals surface area contributed by atoms with Crippen LogP contribution in [-0.2, 0) is 13.0 Å². The standard InChI is InChI=1S/C20H33NO/c1-2-3-4-5-6-7-8-18-9-11-19(12-10-18)17-21-15-13-20(22)14-16-21/h9-12,20,22H,2-8,13-17H2,1H3. The molecule has 22 heavy (non-hydrogen) atoms. The van der Waals surface area contributed by atoms with Crippen LogP contribution in [0.2, 0.25) is 0 Å². The number of aliphatic hydroxyl groups excluding tert-OH is 1. The van der Waals surface area contributed by atoms with Crippen molar-refractivity contribution in [3.8, 4) is 0 Å². The topological polar surface area (TPSA) is 23.5 Å². The third-order valence-corrected chi connectivity index (χ3v) is 4.81. The normalized spacial score (nSPS) is 17.0. The fourth-order valence-corrected chi connectivity index (χ4v) is 3.26. The van der Waals surface area contributed by atoms with Gasteiger partial charge in [-0.05, 0) is 36.8 Å². The van der Waals surface area contributed by atoms with E-state index in [1.165, 1.54) is 56.1 Å². The summed E-state index contributed by atoms with van der Waals surface area (Å²) in [6.07, 6.45) is 11.2. The molecule has 0 radical (unpaired) electrons. The maximum Gasteiger partial charge on any atom is 0.0564 e. The minimum atomic E-state index is -0.0732. The number of piperidine rings is 1. The van der Waals surface area contributed by atoms with E-state index in [-0.39, 0.29) is 6.10 Å². The highest BCUT2D eigenvalue weighted by molar-refractivity contribution is 5.22. The molecule has 1 saturated heterocycles. The van der Waals surface area contributed by atoms with Crippen molar-refractivity contribution in [2.75, 3.05) is 13.1 Å². The Kier molecular flexibility index (Phi) is 7.96. The summed E-state index contributed by atoms with van der Waals surface area (Å²) < 4.78 is 0. The lowest BCUT2D eigenvalue weighted by molar-refractivity contribution is 0.0792. The quantitative estimate of drug-likeness (QED) is 0.677. The molecule has 0 spiro atoms. The maximum atomic E-state index is 9.55. The Labute approximate surface area is 136 Å². The summed E-state index contributed by atoms with van der Waals surface area (Å²) >= 11 is 0. The van der Waals surface area contributed by atoms with Crippen LogP contribution in [0.1, 0.15) is 69.4 Å². The van der Waals surface area contributed by atoms with Gasteiger partial charge in [0.2, 0.25) is 0 Å². The van der Waals surface area contributed by atoms with Crippen molar-refractivity contribution in [3.63, 3.8) is 0 Å². The highest BCUT2D eigenvalue weighted by atomic mass is 16.3. The monoisotopic (exact) mass is 303 g/mol. The number of hydrogen-bond donors (Lipinski definition) is 1. The molecule has 1 aromatic rings. The van der Waals surface area contributed by atoms with Crippen LogP contribution in [0, 0.1) is 0 Å². The van der Waals surface area contributed by atoms with Gasteiger partial charge in [-0.3, -0.25) is 4.90 Å². The Morgan fingerprint density at radius 2 is 1.50 bits per heavy atom. The summed E-state index contributed by atoms with van der Waals surface area (Å²) in [6, 6.07) is 9.19. The molecule has 1 aromatic carbocycles. The first-order valence-electron chi connectivity index (χ1n) is 9.26. The van der Waals surface area contributed by atoms with Gasteiger partial charge >= 0.3 is 0 Å². The second-order valence-electron chi connectivity index (χ2n) is 6.84. The molecule has 2 rings (SSSR count). The molecule has 0 amide bonds. The molecule has 1 N–H and O–H groups in total. The first-order valence-corrected chi connectivity index (χ1v) is 9.26. The van der Waals surface area contributed by atoms with E-state index in [0.29, 0.717) is 0 Å². The highest BCUT2D eigenvalue weighted by Gasteiger charge is 2.16. The lowest BCUT2D eigenvalue weighted by Gasteiger charge is -2.29. The van der Waals surface area contributed by atoms with Gasteiger partial charge in [0.25, 0.3) is 0 Å². The van der Waals surface area contributed by atoms with E-state index < -0.39 is 0 Å². The average Bonchev–Trinajstić information content (AvgIpc) is 2.54. The van der Waals surface area contributed by atoms with Gasteiger partial charge in [-0.2, -0.15) is 0 Å². The molecule has 1 aliphatic rings. The summed E-state index contributed by atoms with van der Waals surface area (Å²) in [5.41, 5.74) is 2.89. The molecule has 2 heteroatoms. The Morgan fingerprint density at radius 3 is 2.18 bits per heavy atom. The van der Waals surface area contributed by atoms with Crippen molar-refractivity contribution in [2.45, 2.75) is 77.4 Å². The lowest BCUT2D eigenvalue weighted by atomic mass is 10.0. The van der Waals surface area contributed by atoms with Crippen LogP contribution >= 0.6 is 0 Å². The fraction of sp³-hybridized carbons (Fsp3) is 0.700. The number of rotatable bonds is 9. The average molecular weight is 303 g/mol. The summed E-state index contributed by atoms with van der Waals surface area (Å²) in [6.45, 7) is 5.36. The van der Waals surface area contributed by atoms with Gasteiger partial charge in [0.15, 0.2) is 0 Å². The lowest BCUT2D eigenvalue weighted by Crippen LogP contribution is -2.35. The Hall–Kier alpha value is -0.860. The SMILES string of the molecule is CCCCCCCCc1ccc(CN2CCC(O)CC2)cc1. The molecule has 1 heterocycles. The molecule has 0 aromatic heterocycles. The van der Waals surface area contributed by atoms with Crippen LogP contribution in [0.3, 0.4) is 0 Å². The molecule has 0 saturated carbocycles. The zero-order valence-corrected chi connectivity index (χ0v) is 14.3. The minimum Gasteiger partial charge on any atom is -0.393 e. The minimum absolute atomic E-state index is 0.0732. The van der Waals surface area contributed by atoms with Gasteiger partial charge in [0, 0.05) is 19.6 Å². The molecule has 1 fully saturated rings. The second kappa shape index (κ2) is 10.0. The van der Waals surface area contributed by atoms with Crippen molar-refractivity contribution < 1.29 is 5.11 Å². The largest absolute Gasteiger partial charge is 0.393 e. The zero-order chi connectivity index (χ0) is 15.6. The van der Waals surface area contributed by atoms with Crippen LogP contribution < -0.4 is 0 Å². The van der Waals surface area contributed by atoms with E-state index >= 15 is 0 Å². The molecule has 2 nitrogen and oxygen atoms in total. The highest BCUT2D eigenvalue weighted by Crippen LogP contribution is 2.15. The number of hydrogen-bond acceptors (Lipinski definition) is 2. The number of benzene rings is 1. The smallest absolute Gasteiger partial charge is 0.0564 e. The van der Waals surface area contributed by atoms with Gasteiger partial charge in [-0.15, -0.1) is 0 Å². The zero-order valence-electron chi connectivity index (χ0n) is 14.3. The van der Waals surface area contributed by atoms with Crippen molar-refractivity contribution in [1.82, 2.24) is 4.90 Å². The number of aliphatic hydroxyl groups is 1. The molecule has 124 valence electrons. The van der Waals surface area contributed by atoms with Crippen LogP contribution in [0.15, 0.2) is 24.3 Å². The van der Waals surface area contributed by atoms with Crippen LogP contribution in [0.4, 0.5) is 0 Å². The Bertz CT molecular complexity index is 393. The van der Waals surface area contributed by atoms with Gasteiger partial charge in [0.1, 0.15) is 0 Å². The van der Waals surface area contributed by atoms with Gasteiger partial charge in [-0.25, -0.2) is 0 Å². The van der Waals surface area contributed by atoms with Crippen LogP contribution in [0.25, 0.3) is 0 Å². The van der Waals surface area contributed by atoms with Crippen molar-refractivity contribution in [2.24, 2.45) is 0 Å². The summed E-state index contributed by atoms with van der Waals surface area (Å²) in [5, 5.41) is 9.55. The molecule has 0 unspecified atom stereocenters. The predicted molar refractivity (Wildman–Crippen MR) is 94.0 cm³/mol. The van der Waals surface area contributed by atoms with E-state index in [1.807, 2.05) is 0 Å². The van der Waals surface area contributed by atoms with E-state index in [4.69, 9.17) is 0 Å². The van der Waals surface area contributed by atoms with Crippen LogP contribution in [-0.4, -0.2) is 29.2 Å². The van der Waals surface area contributed by atoms with E-state index in [2.05, 4.69) is 36.1 Å². The van der Waals surface area contributed by atoms with Crippen molar-refractivity contribution >= 4 is 0 Å². The second-order valence-corrected chi connectivity index (χ2v) is 6.84. The van der Waals surface area contributed by atoms with Crippen LogP contribution in [0.5, 0.6) is 0 Å². The Morgan fingerprint density at radius 1 is 0.909 bits per heavy atom. The molecule has 0 aliphatic carbocycles. The van der Waals surface area contributed by atoms with Crippen molar-refractivity contribution in [1.29, 1.82) is 0 Å². The van der Waals surface area contributed by atoms with Gasteiger partial charge < -0.3 is 5.11 Å². The van der Waals surface area contributed by atoms with E-state index in [0.717, 1.165) is 32.5 Å². The van der Waals surface area contributed by atoms with E-state index in [1.54, 1.807) is 0 Å². The first-order chi connectivity index (χ1) is 10.8. The summed E-state index contributed by atoms with van der Waals surface area (Å²) in [7, 11) is 0. The Balaban J connectivity index is 1.64. The predicted octanol–water partition coefficient (Wildman–Crippen LogP) is 4.55. The van der Waals surface area contributed by atoms with E-state index in [9.17, 15) is 5.11 Å². The number of unbranched alkanes of at least 4 members (excludes halogenated alkanes) is 5. The van der Waals surface area contributed by atoms with Gasteiger partial charge in [-0.1, -0.05) is 63.3 Å². The molecular formula is C20H33NO. The number of likely N-dealkylation sites (tertiary alicyclic amines) is 1. The summed E-state index contributed by atoms with van der Waals surface area (Å²) in [5.74, 6) is 0. The third-order valence-electron chi connectivity index (χ3n) is 4.81. The number of aryl methyl sites for hydroxylation is 1. The maximum absolute atomic E-state index is 9.55. The fourth-order valence-electron chi connectivity index (χ4n) is 3.26. The molecule has 0 bridgehead atoms. The molecule has 0 atom stereocenters. The first kappa shape index (κ1) is 17.5. The molecule has 1 aliphatic heterocycles. The summed E-state index contributed by atoms with van der Waals surface area (Å²) in [4.78, 5) is 2.45. The third kappa shape index (κ3) is 6.50. The van der Waals surface area contributed by atoms with Gasteiger partial charge in [0.05, 0.1) is 6.10 Å². The number of nitrogens with zero attached hydrogens (tertiary/aromatic N) is 1.